The van der Waals surface area contributed by atoms with E-state index in [-0.39, 0.29) is 12.3 Å². The number of hydrogen-bond acceptors (Lipinski definition) is 3. The summed E-state index contributed by atoms with van der Waals surface area (Å²) in [6.07, 6.45) is 1.69. The molecule has 2 aromatic carbocycles. The molecule has 3 rings (SSSR count). The summed E-state index contributed by atoms with van der Waals surface area (Å²) in [5.74, 6) is 0.254. The molecule has 1 N–H and O–H groups in total. The minimum absolute atomic E-state index is 0.170. The number of aryl methyl sites for hydroxylation is 1. The molecule has 0 aliphatic heterocycles. The molecule has 108 valence electrons. The quantitative estimate of drug-likeness (QED) is 0.806. The highest BCUT2D eigenvalue weighted by Gasteiger charge is 2.13. The van der Waals surface area contributed by atoms with Crippen molar-refractivity contribution in [1.82, 2.24) is 9.78 Å². The lowest BCUT2D eigenvalue weighted by Crippen LogP contribution is -2.17. The Morgan fingerprint density at radius 3 is 2.86 bits per heavy atom. The topological polar surface area (TPSA) is 70.7 Å². The first-order valence-electron chi connectivity index (χ1n) is 6.87. The van der Waals surface area contributed by atoms with Gasteiger partial charge in [-0.1, -0.05) is 42.5 Å². The molecule has 0 atom stereocenters. The average Bonchev–Trinajstić information content (AvgIpc) is 2.88. The normalized spacial score (nSPS) is 10.4. The number of carbonyl (C=O) groups excluding carboxylic acids is 1. The predicted molar refractivity (Wildman–Crippen MR) is 84.2 cm³/mol. The molecule has 22 heavy (non-hydrogen) atoms. The van der Waals surface area contributed by atoms with E-state index >= 15 is 0 Å². The van der Waals surface area contributed by atoms with Crippen molar-refractivity contribution in [2.45, 2.75) is 6.42 Å². The number of anilines is 1. The Balaban J connectivity index is 1.85. The highest BCUT2D eigenvalue weighted by atomic mass is 16.1. The third kappa shape index (κ3) is 2.54. The summed E-state index contributed by atoms with van der Waals surface area (Å²) in [4.78, 5) is 12.3. The van der Waals surface area contributed by atoms with Crippen LogP contribution in [-0.4, -0.2) is 15.7 Å². The Morgan fingerprint density at radius 1 is 1.27 bits per heavy atom. The van der Waals surface area contributed by atoms with Gasteiger partial charge < -0.3 is 5.32 Å². The molecule has 1 heterocycles. The maximum atomic E-state index is 12.3. The first-order chi connectivity index (χ1) is 10.7. The number of aromatic nitrogens is 2. The van der Waals surface area contributed by atoms with Crippen LogP contribution >= 0.6 is 0 Å². The zero-order chi connectivity index (χ0) is 15.5. The second kappa shape index (κ2) is 5.70. The van der Waals surface area contributed by atoms with Crippen LogP contribution in [-0.2, 0) is 18.3 Å². The highest BCUT2D eigenvalue weighted by molar-refractivity contribution is 5.96. The molecule has 0 radical (unpaired) electrons. The summed E-state index contributed by atoms with van der Waals surface area (Å²) in [6, 6.07) is 15.9. The fourth-order valence-corrected chi connectivity index (χ4v) is 2.46. The van der Waals surface area contributed by atoms with Crippen molar-refractivity contribution < 1.29 is 4.79 Å². The van der Waals surface area contributed by atoms with Gasteiger partial charge in [-0.2, -0.15) is 10.4 Å². The monoisotopic (exact) mass is 290 g/mol. The van der Waals surface area contributed by atoms with Crippen molar-refractivity contribution >= 4 is 22.5 Å². The number of benzene rings is 2. The Hall–Kier alpha value is -3.13. The lowest BCUT2D eigenvalue weighted by Gasteiger charge is -2.08. The minimum atomic E-state index is -0.170. The van der Waals surface area contributed by atoms with Crippen LogP contribution in [0.3, 0.4) is 0 Å². The average molecular weight is 290 g/mol. The summed E-state index contributed by atoms with van der Waals surface area (Å²) in [5, 5.41) is 17.9. The van der Waals surface area contributed by atoms with E-state index in [9.17, 15) is 4.79 Å². The Kier molecular flexibility index (Phi) is 3.58. The number of carbonyl (C=O) groups is 1. The molecule has 0 saturated carbocycles. The van der Waals surface area contributed by atoms with Gasteiger partial charge in [0.2, 0.25) is 5.91 Å². The van der Waals surface area contributed by atoms with Gasteiger partial charge in [0.25, 0.3) is 0 Å². The Labute approximate surface area is 127 Å². The molecule has 0 aliphatic rings. The SMILES string of the molecule is Cn1ncc(C#N)c1NC(=O)Cc1cccc2ccccc12. The zero-order valence-electron chi connectivity index (χ0n) is 12.1. The first kappa shape index (κ1) is 13.8. The smallest absolute Gasteiger partial charge is 0.229 e. The maximum Gasteiger partial charge on any atom is 0.229 e. The number of rotatable bonds is 3. The standard InChI is InChI=1S/C17H14N4O/c1-21-17(14(10-18)11-19-21)20-16(22)9-13-7-4-6-12-5-2-3-8-15(12)13/h2-8,11H,9H2,1H3,(H,20,22). The number of nitrogens with zero attached hydrogens (tertiary/aromatic N) is 3. The van der Waals surface area contributed by atoms with Crippen LogP contribution in [0.15, 0.2) is 48.7 Å². The van der Waals surface area contributed by atoms with E-state index in [2.05, 4.69) is 10.4 Å². The van der Waals surface area contributed by atoms with Gasteiger partial charge in [-0.25, -0.2) is 0 Å². The molecular weight excluding hydrogens is 276 g/mol. The summed E-state index contributed by atoms with van der Waals surface area (Å²) in [6.45, 7) is 0. The van der Waals surface area contributed by atoms with E-state index < -0.39 is 0 Å². The van der Waals surface area contributed by atoms with Crippen LogP contribution in [0.4, 0.5) is 5.82 Å². The van der Waals surface area contributed by atoms with Gasteiger partial charge in [0.05, 0.1) is 12.6 Å². The van der Waals surface area contributed by atoms with Crippen molar-refractivity contribution in [1.29, 1.82) is 5.26 Å². The van der Waals surface area contributed by atoms with Crippen LogP contribution < -0.4 is 5.32 Å². The second-order valence-corrected chi connectivity index (χ2v) is 5.01. The van der Waals surface area contributed by atoms with Gasteiger partial charge in [-0.3, -0.25) is 9.48 Å². The third-order valence-corrected chi connectivity index (χ3v) is 3.55. The van der Waals surface area contributed by atoms with Crippen molar-refractivity contribution in [2.75, 3.05) is 5.32 Å². The molecular formula is C17H14N4O. The Morgan fingerprint density at radius 2 is 2.05 bits per heavy atom. The van der Waals surface area contributed by atoms with Gasteiger partial charge >= 0.3 is 0 Å². The maximum absolute atomic E-state index is 12.3. The predicted octanol–water partition coefficient (Wildman–Crippen LogP) is 2.63. The molecule has 1 aromatic heterocycles. The number of fused-ring (bicyclic) bond motifs is 1. The number of nitriles is 1. The van der Waals surface area contributed by atoms with Gasteiger partial charge in [0.15, 0.2) is 0 Å². The minimum Gasteiger partial charge on any atom is -0.310 e. The summed E-state index contributed by atoms with van der Waals surface area (Å²) in [7, 11) is 1.69. The summed E-state index contributed by atoms with van der Waals surface area (Å²) in [5.41, 5.74) is 1.31. The Bertz CT molecular complexity index is 884. The summed E-state index contributed by atoms with van der Waals surface area (Å²) < 4.78 is 1.49. The van der Waals surface area contributed by atoms with E-state index in [1.807, 2.05) is 48.5 Å². The fraction of sp³-hybridized carbons (Fsp3) is 0.118. The third-order valence-electron chi connectivity index (χ3n) is 3.55. The van der Waals surface area contributed by atoms with Crippen molar-refractivity contribution in [3.8, 4) is 6.07 Å². The molecule has 0 aliphatic carbocycles. The molecule has 0 spiro atoms. The van der Waals surface area contributed by atoms with Crippen LogP contribution in [0.2, 0.25) is 0 Å². The molecule has 0 bridgehead atoms. The molecule has 5 heteroatoms. The number of nitrogens with one attached hydrogen (secondary N) is 1. The van der Waals surface area contributed by atoms with E-state index in [4.69, 9.17) is 5.26 Å². The van der Waals surface area contributed by atoms with Crippen molar-refractivity contribution in [2.24, 2.45) is 7.05 Å². The van der Waals surface area contributed by atoms with Crippen LogP contribution in [0, 0.1) is 11.3 Å². The van der Waals surface area contributed by atoms with Crippen LogP contribution in [0.25, 0.3) is 10.8 Å². The van der Waals surface area contributed by atoms with Crippen molar-refractivity contribution in [3.05, 3.63) is 59.8 Å². The zero-order valence-corrected chi connectivity index (χ0v) is 12.1. The number of hydrogen-bond donors (Lipinski definition) is 1. The second-order valence-electron chi connectivity index (χ2n) is 5.01. The van der Waals surface area contributed by atoms with E-state index in [0.717, 1.165) is 16.3 Å². The lowest BCUT2D eigenvalue weighted by molar-refractivity contribution is -0.115. The largest absolute Gasteiger partial charge is 0.310 e. The van der Waals surface area contributed by atoms with Crippen LogP contribution in [0.1, 0.15) is 11.1 Å². The van der Waals surface area contributed by atoms with Gasteiger partial charge in [-0.05, 0) is 16.3 Å². The van der Waals surface area contributed by atoms with Crippen molar-refractivity contribution in [3.63, 3.8) is 0 Å². The van der Waals surface area contributed by atoms with Crippen LogP contribution in [0.5, 0.6) is 0 Å². The van der Waals surface area contributed by atoms with Gasteiger partial charge in [-0.15, -0.1) is 0 Å². The number of amides is 1. The molecule has 1 amide bonds. The summed E-state index contributed by atoms with van der Waals surface area (Å²) >= 11 is 0. The molecule has 5 nitrogen and oxygen atoms in total. The lowest BCUT2D eigenvalue weighted by atomic mass is 10.0. The van der Waals surface area contributed by atoms with Gasteiger partial charge in [0, 0.05) is 7.05 Å². The highest BCUT2D eigenvalue weighted by Crippen LogP contribution is 2.20. The molecule has 3 aromatic rings. The first-order valence-corrected chi connectivity index (χ1v) is 6.87. The van der Waals surface area contributed by atoms with E-state index in [1.54, 1.807) is 7.05 Å². The van der Waals surface area contributed by atoms with E-state index in [0.29, 0.717) is 11.4 Å². The van der Waals surface area contributed by atoms with E-state index in [1.165, 1.54) is 10.9 Å². The van der Waals surface area contributed by atoms with Gasteiger partial charge in [0.1, 0.15) is 17.5 Å². The molecule has 0 unspecified atom stereocenters. The molecule has 0 fully saturated rings. The molecule has 0 saturated heterocycles. The fourth-order valence-electron chi connectivity index (χ4n) is 2.46.